The molecule has 0 radical (unpaired) electrons. The molecule has 4 nitrogen and oxygen atoms in total. The highest BCUT2D eigenvalue weighted by Gasteiger charge is 2.26. The third-order valence-electron chi connectivity index (χ3n) is 4.60. The maximum Gasteiger partial charge on any atom is 0.251 e. The summed E-state index contributed by atoms with van der Waals surface area (Å²) in [7, 11) is 0. The van der Waals surface area contributed by atoms with Crippen molar-refractivity contribution in [2.24, 2.45) is 0 Å². The number of hydrogen-bond acceptors (Lipinski definition) is 3. The van der Waals surface area contributed by atoms with Crippen LogP contribution in [0.25, 0.3) is 10.9 Å². The van der Waals surface area contributed by atoms with Crippen molar-refractivity contribution in [3.63, 3.8) is 0 Å². The van der Waals surface area contributed by atoms with E-state index in [1.807, 2.05) is 60.0 Å². The Morgan fingerprint density at radius 1 is 1.00 bits per heavy atom. The van der Waals surface area contributed by atoms with Crippen LogP contribution in [0.3, 0.4) is 0 Å². The predicted octanol–water partition coefficient (Wildman–Crippen LogP) is 4.34. The Labute approximate surface area is 141 Å². The number of benzene rings is 2. The Hall–Kier alpha value is -2.75. The average molecular weight is 319 g/mol. The highest BCUT2D eigenvalue weighted by molar-refractivity contribution is 5.87. The van der Waals surface area contributed by atoms with Crippen LogP contribution in [0.15, 0.2) is 59.4 Å². The van der Waals surface area contributed by atoms with E-state index in [-0.39, 0.29) is 5.56 Å². The second kappa shape index (κ2) is 6.04. The van der Waals surface area contributed by atoms with Crippen LogP contribution < -0.4 is 16.4 Å². The summed E-state index contributed by atoms with van der Waals surface area (Å²) in [6.45, 7) is 2.70. The van der Waals surface area contributed by atoms with Gasteiger partial charge in [-0.25, -0.2) is 0 Å². The maximum absolute atomic E-state index is 12.3. The van der Waals surface area contributed by atoms with Crippen molar-refractivity contribution in [1.29, 1.82) is 0 Å². The summed E-state index contributed by atoms with van der Waals surface area (Å²) in [5.74, 6) is 0.545. The standard InChI is InChI=1S/C20H21N3O/c1-2-23-19-11-10-16(22-21-15-6-4-3-5-7-15)12-18(19)17(13-20(23)24)14-8-9-14/h3-7,10-14,21-22H,2,8-9H2,1H3. The van der Waals surface area contributed by atoms with Gasteiger partial charge in [0.25, 0.3) is 5.56 Å². The zero-order valence-corrected chi connectivity index (χ0v) is 13.8. The molecule has 24 heavy (non-hydrogen) atoms. The highest BCUT2D eigenvalue weighted by atomic mass is 16.1. The van der Waals surface area contributed by atoms with Gasteiger partial charge in [-0.2, -0.15) is 0 Å². The summed E-state index contributed by atoms with van der Waals surface area (Å²) in [5.41, 5.74) is 10.8. The van der Waals surface area contributed by atoms with E-state index in [4.69, 9.17) is 0 Å². The first-order valence-electron chi connectivity index (χ1n) is 8.51. The summed E-state index contributed by atoms with van der Waals surface area (Å²) in [6.07, 6.45) is 2.37. The van der Waals surface area contributed by atoms with Crippen LogP contribution in [0.1, 0.15) is 31.2 Å². The summed E-state index contributed by atoms with van der Waals surface area (Å²) in [4.78, 5) is 12.3. The predicted molar refractivity (Wildman–Crippen MR) is 99.5 cm³/mol. The smallest absolute Gasteiger partial charge is 0.251 e. The molecule has 0 spiro atoms. The molecule has 1 aliphatic rings. The second-order valence-electron chi connectivity index (χ2n) is 6.30. The molecule has 0 saturated heterocycles. The van der Waals surface area contributed by atoms with Crippen LogP contribution in [-0.2, 0) is 6.54 Å². The highest BCUT2D eigenvalue weighted by Crippen LogP contribution is 2.42. The molecule has 2 N–H and O–H groups in total. The number of nitrogens with zero attached hydrogens (tertiary/aromatic N) is 1. The Kier molecular flexibility index (Phi) is 3.73. The minimum Gasteiger partial charge on any atom is -0.309 e. The molecule has 0 amide bonds. The topological polar surface area (TPSA) is 46.1 Å². The Morgan fingerprint density at radius 2 is 1.75 bits per heavy atom. The first kappa shape index (κ1) is 14.8. The molecule has 122 valence electrons. The van der Waals surface area contributed by atoms with E-state index >= 15 is 0 Å². The minimum absolute atomic E-state index is 0.106. The van der Waals surface area contributed by atoms with E-state index in [0.717, 1.165) is 16.9 Å². The van der Waals surface area contributed by atoms with Gasteiger partial charge in [0.2, 0.25) is 0 Å². The number of aromatic nitrogens is 1. The zero-order valence-electron chi connectivity index (χ0n) is 13.8. The first-order valence-corrected chi connectivity index (χ1v) is 8.51. The Morgan fingerprint density at radius 3 is 2.46 bits per heavy atom. The lowest BCUT2D eigenvalue weighted by molar-refractivity contribution is 0.757. The number of hydrazine groups is 1. The third kappa shape index (κ3) is 2.75. The molecule has 1 saturated carbocycles. The Bertz CT molecular complexity index is 927. The molecular weight excluding hydrogens is 298 g/mol. The number of nitrogens with one attached hydrogen (secondary N) is 2. The van der Waals surface area contributed by atoms with E-state index in [1.54, 1.807) is 0 Å². The van der Waals surface area contributed by atoms with Gasteiger partial charge < -0.3 is 15.4 Å². The third-order valence-corrected chi connectivity index (χ3v) is 4.60. The van der Waals surface area contributed by atoms with Crippen molar-refractivity contribution in [1.82, 2.24) is 4.57 Å². The molecular formula is C20H21N3O. The zero-order chi connectivity index (χ0) is 16.5. The molecule has 1 heterocycles. The van der Waals surface area contributed by atoms with Gasteiger partial charge in [0, 0.05) is 18.0 Å². The SMILES string of the molecule is CCn1c(=O)cc(C2CC2)c2cc(NNc3ccccc3)ccc21. The molecule has 2 aromatic carbocycles. The van der Waals surface area contributed by atoms with E-state index in [9.17, 15) is 4.79 Å². The van der Waals surface area contributed by atoms with Crippen molar-refractivity contribution >= 4 is 22.3 Å². The number of para-hydroxylation sites is 1. The summed E-state index contributed by atoms with van der Waals surface area (Å²) < 4.78 is 1.84. The molecule has 4 heteroatoms. The maximum atomic E-state index is 12.3. The number of fused-ring (bicyclic) bond motifs is 1. The van der Waals surface area contributed by atoms with E-state index in [0.29, 0.717) is 12.5 Å². The van der Waals surface area contributed by atoms with Gasteiger partial charge in [-0.1, -0.05) is 18.2 Å². The molecule has 1 aliphatic carbocycles. The summed E-state index contributed by atoms with van der Waals surface area (Å²) in [6, 6.07) is 18.0. The largest absolute Gasteiger partial charge is 0.309 e. The van der Waals surface area contributed by atoms with Crippen molar-refractivity contribution in [3.8, 4) is 0 Å². The molecule has 1 fully saturated rings. The number of pyridine rings is 1. The molecule has 0 unspecified atom stereocenters. The summed E-state index contributed by atoms with van der Waals surface area (Å²) in [5, 5.41) is 1.18. The molecule has 1 aromatic heterocycles. The lowest BCUT2D eigenvalue weighted by Gasteiger charge is -2.15. The van der Waals surface area contributed by atoms with Crippen LogP contribution in [-0.4, -0.2) is 4.57 Å². The fourth-order valence-corrected chi connectivity index (χ4v) is 3.21. The number of anilines is 2. The lowest BCUT2D eigenvalue weighted by Crippen LogP contribution is -2.20. The normalized spacial score (nSPS) is 13.9. The monoisotopic (exact) mass is 319 g/mol. The van der Waals surface area contributed by atoms with E-state index < -0.39 is 0 Å². The van der Waals surface area contributed by atoms with Crippen molar-refractivity contribution in [2.45, 2.75) is 32.2 Å². The number of rotatable bonds is 5. The van der Waals surface area contributed by atoms with Gasteiger partial charge >= 0.3 is 0 Å². The molecule has 3 aromatic rings. The first-order chi connectivity index (χ1) is 11.8. The molecule has 0 atom stereocenters. The fourth-order valence-electron chi connectivity index (χ4n) is 3.21. The van der Waals surface area contributed by atoms with Crippen molar-refractivity contribution in [2.75, 3.05) is 10.9 Å². The average Bonchev–Trinajstić information content (AvgIpc) is 3.45. The van der Waals surface area contributed by atoms with Gasteiger partial charge in [0.1, 0.15) is 0 Å². The second-order valence-corrected chi connectivity index (χ2v) is 6.30. The quantitative estimate of drug-likeness (QED) is 0.688. The lowest BCUT2D eigenvalue weighted by atomic mass is 10.0. The van der Waals surface area contributed by atoms with Crippen LogP contribution in [0.2, 0.25) is 0 Å². The van der Waals surface area contributed by atoms with Gasteiger partial charge in [-0.3, -0.25) is 4.79 Å². The van der Waals surface area contributed by atoms with Crippen LogP contribution in [0, 0.1) is 0 Å². The van der Waals surface area contributed by atoms with Crippen LogP contribution in [0.4, 0.5) is 11.4 Å². The van der Waals surface area contributed by atoms with Crippen molar-refractivity contribution in [3.05, 3.63) is 70.5 Å². The van der Waals surface area contributed by atoms with Gasteiger partial charge in [0.05, 0.1) is 16.9 Å². The molecule has 0 bridgehead atoms. The molecule has 4 rings (SSSR count). The van der Waals surface area contributed by atoms with Gasteiger partial charge in [0.15, 0.2) is 0 Å². The van der Waals surface area contributed by atoms with Crippen molar-refractivity contribution < 1.29 is 0 Å². The fraction of sp³-hybridized carbons (Fsp3) is 0.250. The van der Waals surface area contributed by atoms with E-state index in [1.165, 1.54) is 23.8 Å². The Balaban J connectivity index is 1.72. The van der Waals surface area contributed by atoms with Crippen LogP contribution in [0.5, 0.6) is 0 Å². The number of hydrogen-bond donors (Lipinski definition) is 2. The van der Waals surface area contributed by atoms with E-state index in [2.05, 4.69) is 16.9 Å². The number of aryl methyl sites for hydroxylation is 1. The molecule has 0 aliphatic heterocycles. The minimum atomic E-state index is 0.106. The summed E-state index contributed by atoms with van der Waals surface area (Å²) >= 11 is 0. The van der Waals surface area contributed by atoms with Gasteiger partial charge in [-0.15, -0.1) is 0 Å². The van der Waals surface area contributed by atoms with Crippen LogP contribution >= 0.6 is 0 Å². The van der Waals surface area contributed by atoms with Gasteiger partial charge in [-0.05, 0) is 61.6 Å².